The molecule has 1 aliphatic rings. The number of hydrogen-bond donors (Lipinski definition) is 0. The molecule has 0 bridgehead atoms. The second-order valence-corrected chi connectivity index (χ2v) is 6.88. The Balaban J connectivity index is 1.62. The van der Waals surface area contributed by atoms with Crippen LogP contribution in [0.4, 0.5) is 0 Å². The van der Waals surface area contributed by atoms with Gasteiger partial charge in [0.2, 0.25) is 0 Å². The number of para-hydroxylation sites is 1. The van der Waals surface area contributed by atoms with Gasteiger partial charge in [-0.3, -0.25) is 0 Å². The van der Waals surface area contributed by atoms with Gasteiger partial charge in [-0.15, -0.1) is 0 Å². The summed E-state index contributed by atoms with van der Waals surface area (Å²) in [6, 6.07) is 19.9. The molecule has 0 fully saturated rings. The van der Waals surface area contributed by atoms with Crippen molar-refractivity contribution in [1.82, 2.24) is 4.57 Å². The summed E-state index contributed by atoms with van der Waals surface area (Å²) in [5.74, 6) is -0.250. The van der Waals surface area contributed by atoms with E-state index in [9.17, 15) is 4.79 Å². The minimum absolute atomic E-state index is 0.250. The Morgan fingerprint density at radius 2 is 1.73 bits per heavy atom. The molecule has 1 aromatic heterocycles. The number of esters is 1. The van der Waals surface area contributed by atoms with E-state index in [1.54, 1.807) is 12.1 Å². The molecule has 3 nitrogen and oxygen atoms in total. The zero-order chi connectivity index (χ0) is 17.9. The summed E-state index contributed by atoms with van der Waals surface area (Å²) in [7, 11) is 2.12. The van der Waals surface area contributed by atoms with Crippen molar-refractivity contribution in [2.75, 3.05) is 6.61 Å². The van der Waals surface area contributed by atoms with Gasteiger partial charge in [0.15, 0.2) is 0 Å². The summed E-state index contributed by atoms with van der Waals surface area (Å²) < 4.78 is 7.89. The molecule has 3 aromatic rings. The number of benzene rings is 2. The number of nitrogens with zero attached hydrogens (tertiary/aromatic N) is 1. The van der Waals surface area contributed by atoms with Crippen LogP contribution in [0.25, 0.3) is 16.5 Å². The summed E-state index contributed by atoms with van der Waals surface area (Å²) in [6.07, 6.45) is 4.39. The molecule has 1 heterocycles. The lowest BCUT2D eigenvalue weighted by atomic mass is 9.90. The highest BCUT2D eigenvalue weighted by atomic mass is 16.5. The number of allylic oxidation sites excluding steroid dienone is 1. The van der Waals surface area contributed by atoms with Crippen LogP contribution < -0.4 is 0 Å². The number of aromatic nitrogens is 1. The molecule has 132 valence electrons. The molecule has 4 rings (SSSR count). The molecule has 0 N–H and O–H groups in total. The number of hydrogen-bond acceptors (Lipinski definition) is 2. The van der Waals surface area contributed by atoms with Crippen molar-refractivity contribution < 1.29 is 9.53 Å². The summed E-state index contributed by atoms with van der Waals surface area (Å²) in [5, 5.41) is 1.25. The fraction of sp³-hybridized carbons (Fsp3) is 0.261. The predicted octanol–water partition coefficient (Wildman–Crippen LogP) is 5.36. The highest BCUT2D eigenvalue weighted by Crippen LogP contribution is 2.35. The second kappa shape index (κ2) is 7.20. The Kier molecular flexibility index (Phi) is 4.61. The largest absolute Gasteiger partial charge is 0.458 e. The second-order valence-electron chi connectivity index (χ2n) is 6.88. The van der Waals surface area contributed by atoms with Gasteiger partial charge in [-0.2, -0.15) is 0 Å². The molecule has 26 heavy (non-hydrogen) atoms. The molecule has 0 aliphatic heterocycles. The minimum Gasteiger partial charge on any atom is -0.458 e. The number of carbonyl (C=O) groups excluding carboxylic acids is 1. The van der Waals surface area contributed by atoms with E-state index in [0.717, 1.165) is 19.3 Å². The van der Waals surface area contributed by atoms with Gasteiger partial charge in [0.1, 0.15) is 6.61 Å². The van der Waals surface area contributed by atoms with Gasteiger partial charge in [0.05, 0.1) is 5.56 Å². The van der Waals surface area contributed by atoms with E-state index in [-0.39, 0.29) is 5.97 Å². The summed E-state index contributed by atoms with van der Waals surface area (Å²) in [4.78, 5) is 12.3. The number of aryl methyl sites for hydroxylation is 1. The SMILES string of the molecule is Cn1c(C2=C(COC(=O)c3ccccc3)CCCC2)cc2ccccc21. The molecule has 0 saturated carbocycles. The van der Waals surface area contributed by atoms with Crippen LogP contribution in [-0.2, 0) is 11.8 Å². The Hall–Kier alpha value is -2.81. The quantitative estimate of drug-likeness (QED) is 0.596. The third-order valence-corrected chi connectivity index (χ3v) is 5.23. The van der Waals surface area contributed by atoms with Gasteiger partial charge in [-0.05, 0) is 61.1 Å². The summed E-state index contributed by atoms with van der Waals surface area (Å²) in [5.41, 5.74) is 5.69. The normalized spacial score (nSPS) is 14.7. The first-order chi connectivity index (χ1) is 12.7. The van der Waals surface area contributed by atoms with E-state index in [4.69, 9.17) is 4.74 Å². The van der Waals surface area contributed by atoms with Crippen molar-refractivity contribution >= 4 is 22.4 Å². The maximum absolute atomic E-state index is 12.3. The van der Waals surface area contributed by atoms with Gasteiger partial charge in [-0.1, -0.05) is 36.4 Å². The first-order valence-corrected chi connectivity index (χ1v) is 9.22. The molecular weight excluding hydrogens is 322 g/mol. The van der Waals surface area contributed by atoms with Crippen LogP contribution in [0, 0.1) is 0 Å². The Morgan fingerprint density at radius 1 is 1.00 bits per heavy atom. The Bertz CT molecular complexity index is 966. The zero-order valence-electron chi connectivity index (χ0n) is 15.1. The average molecular weight is 345 g/mol. The molecule has 1 aliphatic carbocycles. The number of carbonyl (C=O) groups is 1. The maximum atomic E-state index is 12.3. The van der Waals surface area contributed by atoms with E-state index in [0.29, 0.717) is 12.2 Å². The van der Waals surface area contributed by atoms with Crippen molar-refractivity contribution in [3.05, 3.63) is 77.5 Å². The number of fused-ring (bicyclic) bond motifs is 1. The maximum Gasteiger partial charge on any atom is 0.338 e. The van der Waals surface area contributed by atoms with Crippen LogP contribution in [0.5, 0.6) is 0 Å². The standard InChI is InChI=1S/C23H23NO2/c1-24-21-14-8-6-11-18(21)15-22(24)20-13-7-5-12-19(20)16-26-23(25)17-9-3-2-4-10-17/h2-4,6,8-11,14-15H,5,7,12-13,16H2,1H3. The van der Waals surface area contributed by atoms with E-state index in [1.165, 1.54) is 34.2 Å². The van der Waals surface area contributed by atoms with E-state index in [2.05, 4.69) is 41.9 Å². The molecule has 0 saturated heterocycles. The van der Waals surface area contributed by atoms with Gasteiger partial charge in [0, 0.05) is 23.6 Å². The molecule has 0 spiro atoms. The molecule has 0 atom stereocenters. The molecule has 2 aromatic carbocycles. The van der Waals surface area contributed by atoms with Crippen molar-refractivity contribution in [2.24, 2.45) is 7.05 Å². The molecule has 3 heteroatoms. The van der Waals surface area contributed by atoms with Gasteiger partial charge >= 0.3 is 5.97 Å². The number of rotatable bonds is 4. The highest BCUT2D eigenvalue weighted by Gasteiger charge is 2.19. The summed E-state index contributed by atoms with van der Waals surface area (Å²) in [6.45, 7) is 0.380. The van der Waals surface area contributed by atoms with Gasteiger partial charge in [0.25, 0.3) is 0 Å². The van der Waals surface area contributed by atoms with Crippen LogP contribution >= 0.6 is 0 Å². The third kappa shape index (κ3) is 3.17. The zero-order valence-corrected chi connectivity index (χ0v) is 15.1. The summed E-state index contributed by atoms with van der Waals surface area (Å²) >= 11 is 0. The predicted molar refractivity (Wildman–Crippen MR) is 105 cm³/mol. The number of ether oxygens (including phenoxy) is 1. The molecule has 0 radical (unpaired) electrons. The first-order valence-electron chi connectivity index (χ1n) is 9.22. The fourth-order valence-corrected chi connectivity index (χ4v) is 3.83. The monoisotopic (exact) mass is 345 g/mol. The lowest BCUT2D eigenvalue weighted by molar-refractivity contribution is 0.0537. The van der Waals surface area contributed by atoms with E-state index in [1.807, 2.05) is 18.2 Å². The van der Waals surface area contributed by atoms with Crippen molar-refractivity contribution in [1.29, 1.82) is 0 Å². The van der Waals surface area contributed by atoms with Crippen molar-refractivity contribution in [3.8, 4) is 0 Å². The van der Waals surface area contributed by atoms with Crippen LogP contribution in [-0.4, -0.2) is 17.1 Å². The van der Waals surface area contributed by atoms with Crippen molar-refractivity contribution in [2.45, 2.75) is 25.7 Å². The third-order valence-electron chi connectivity index (χ3n) is 5.23. The fourth-order valence-electron chi connectivity index (χ4n) is 3.83. The molecule has 0 unspecified atom stereocenters. The lowest BCUT2D eigenvalue weighted by Crippen LogP contribution is -2.12. The van der Waals surface area contributed by atoms with Crippen LogP contribution in [0.15, 0.2) is 66.2 Å². The van der Waals surface area contributed by atoms with Crippen LogP contribution in [0.2, 0.25) is 0 Å². The lowest BCUT2D eigenvalue weighted by Gasteiger charge is -2.21. The Labute approximate surface area is 153 Å². The van der Waals surface area contributed by atoms with Gasteiger partial charge in [-0.25, -0.2) is 4.79 Å². The molecular formula is C23H23NO2. The van der Waals surface area contributed by atoms with Crippen molar-refractivity contribution in [3.63, 3.8) is 0 Å². The minimum atomic E-state index is -0.250. The van der Waals surface area contributed by atoms with Crippen LogP contribution in [0.3, 0.4) is 0 Å². The molecule has 0 amide bonds. The highest BCUT2D eigenvalue weighted by molar-refractivity contribution is 5.90. The Morgan fingerprint density at radius 3 is 2.54 bits per heavy atom. The van der Waals surface area contributed by atoms with E-state index < -0.39 is 0 Å². The van der Waals surface area contributed by atoms with E-state index >= 15 is 0 Å². The first kappa shape index (κ1) is 16.6. The topological polar surface area (TPSA) is 31.2 Å². The van der Waals surface area contributed by atoms with Gasteiger partial charge < -0.3 is 9.30 Å². The average Bonchev–Trinajstić information content (AvgIpc) is 3.04. The van der Waals surface area contributed by atoms with Crippen LogP contribution in [0.1, 0.15) is 41.7 Å². The smallest absolute Gasteiger partial charge is 0.338 e.